The Balaban J connectivity index is 1.95. The lowest BCUT2D eigenvalue weighted by molar-refractivity contribution is 0.173. The zero-order valence-corrected chi connectivity index (χ0v) is 21.7. The van der Waals surface area contributed by atoms with Gasteiger partial charge in [-0.05, 0) is 69.4 Å². The largest absolute Gasteiger partial charge is 0.465 e. The van der Waals surface area contributed by atoms with E-state index in [1.165, 1.54) is 49.7 Å². The fourth-order valence-corrected chi connectivity index (χ4v) is 6.84. The maximum absolute atomic E-state index is 12.9. The molecule has 0 aromatic heterocycles. The highest BCUT2D eigenvalue weighted by Gasteiger charge is 2.42. The predicted octanol–water partition coefficient (Wildman–Crippen LogP) is 7.52. The van der Waals surface area contributed by atoms with Gasteiger partial charge in [0.1, 0.15) is 0 Å². The smallest absolute Gasteiger partial charge is 0.405 e. The van der Waals surface area contributed by atoms with Crippen LogP contribution in [-0.4, -0.2) is 36.1 Å². The highest BCUT2D eigenvalue weighted by molar-refractivity contribution is 7.53. The summed E-state index contributed by atoms with van der Waals surface area (Å²) >= 11 is 0. The average Bonchev–Trinajstić information content (AvgIpc) is 3.19. The van der Waals surface area contributed by atoms with Crippen LogP contribution in [0.15, 0.2) is 24.3 Å². The van der Waals surface area contributed by atoms with E-state index in [0.717, 1.165) is 19.3 Å². The van der Waals surface area contributed by atoms with Gasteiger partial charge in [0.15, 0.2) is 0 Å². The monoisotopic (exact) mass is 481 g/mol. The van der Waals surface area contributed by atoms with E-state index in [4.69, 9.17) is 9.05 Å². The van der Waals surface area contributed by atoms with Crippen molar-refractivity contribution in [1.29, 1.82) is 0 Å². The molecule has 0 spiro atoms. The lowest BCUT2D eigenvalue weighted by Crippen LogP contribution is -2.46. The molecule has 6 nitrogen and oxygen atoms in total. The minimum absolute atomic E-state index is 0.221. The third-order valence-corrected chi connectivity index (χ3v) is 8.84. The number of carboxylic acid groups (broad SMARTS) is 1. The van der Waals surface area contributed by atoms with Crippen molar-refractivity contribution in [3.8, 4) is 0 Å². The van der Waals surface area contributed by atoms with Gasteiger partial charge in [-0.25, -0.2) is 4.79 Å². The van der Waals surface area contributed by atoms with Crippen LogP contribution in [0.1, 0.15) is 102 Å². The van der Waals surface area contributed by atoms with Crippen molar-refractivity contribution >= 4 is 13.7 Å². The minimum Gasteiger partial charge on any atom is -0.465 e. The fraction of sp³-hybridized carbons (Fsp3) is 0.731. The minimum atomic E-state index is -3.21. The Bertz CT molecular complexity index is 744. The van der Waals surface area contributed by atoms with Crippen molar-refractivity contribution in [3.63, 3.8) is 0 Å². The Kier molecular flexibility index (Phi) is 11.9. The fourth-order valence-electron chi connectivity index (χ4n) is 5.02. The zero-order valence-electron chi connectivity index (χ0n) is 20.8. The topological polar surface area (TPSA) is 84.9 Å². The molecule has 2 rings (SSSR count). The van der Waals surface area contributed by atoms with Gasteiger partial charge in [0.05, 0.1) is 19.4 Å². The van der Waals surface area contributed by atoms with Crippen molar-refractivity contribution in [2.45, 2.75) is 103 Å². The first-order valence-electron chi connectivity index (χ1n) is 12.8. The standard InChI is InChI=1S/C26H44NO5P/c1-4-7-8-9-10-11-12-22-13-15-23(16-14-22)24-17-18-26(21-24,27-25(28)29)19-20-33(30,31-5-2)32-6-3/h13-16,24,27H,4-12,17-21H2,1-3H3,(H,28,29)/t24-,26-/m0/s1. The summed E-state index contributed by atoms with van der Waals surface area (Å²) in [5.74, 6) is 0.290. The molecule has 1 fully saturated rings. The van der Waals surface area contributed by atoms with Gasteiger partial charge in [-0.1, -0.05) is 63.3 Å². The Morgan fingerprint density at radius 2 is 1.70 bits per heavy atom. The number of rotatable bonds is 16. The van der Waals surface area contributed by atoms with Gasteiger partial charge in [-0.2, -0.15) is 0 Å². The van der Waals surface area contributed by atoms with E-state index in [9.17, 15) is 14.5 Å². The maximum Gasteiger partial charge on any atom is 0.405 e. The molecule has 1 aliphatic rings. The SMILES string of the molecule is CCCCCCCCc1ccc([C@H]2CC[C@@](CCP(=O)(OCC)OCC)(NC(=O)O)C2)cc1. The van der Waals surface area contributed by atoms with Gasteiger partial charge >= 0.3 is 13.7 Å². The summed E-state index contributed by atoms with van der Waals surface area (Å²) in [6, 6.07) is 8.87. The van der Waals surface area contributed by atoms with Crippen LogP contribution in [0.25, 0.3) is 0 Å². The van der Waals surface area contributed by atoms with Gasteiger partial charge in [-0.15, -0.1) is 0 Å². The van der Waals surface area contributed by atoms with Gasteiger partial charge in [0, 0.05) is 5.54 Å². The number of carbonyl (C=O) groups is 1. The van der Waals surface area contributed by atoms with Gasteiger partial charge < -0.3 is 19.5 Å². The van der Waals surface area contributed by atoms with E-state index in [1.54, 1.807) is 13.8 Å². The van der Waals surface area contributed by atoms with Crippen LogP contribution in [-0.2, 0) is 20.0 Å². The summed E-state index contributed by atoms with van der Waals surface area (Å²) in [7, 11) is -3.21. The number of amides is 1. The molecule has 1 saturated carbocycles. The molecule has 1 aliphatic carbocycles. The molecule has 1 aromatic carbocycles. The number of hydrogen-bond donors (Lipinski definition) is 2. The molecule has 0 radical (unpaired) electrons. The van der Waals surface area contributed by atoms with E-state index >= 15 is 0 Å². The summed E-state index contributed by atoms with van der Waals surface area (Å²) in [5, 5.41) is 12.2. The number of nitrogens with one attached hydrogen (secondary N) is 1. The number of unbranched alkanes of at least 4 members (excludes halogenated alkanes) is 5. The van der Waals surface area contributed by atoms with Crippen LogP contribution in [0.2, 0.25) is 0 Å². The summed E-state index contributed by atoms with van der Waals surface area (Å²) in [4.78, 5) is 11.6. The third-order valence-electron chi connectivity index (χ3n) is 6.77. The van der Waals surface area contributed by atoms with Gasteiger partial charge in [0.25, 0.3) is 0 Å². The summed E-state index contributed by atoms with van der Waals surface area (Å²) in [6.07, 6.45) is 10.9. The van der Waals surface area contributed by atoms with Gasteiger partial charge in [-0.3, -0.25) is 4.57 Å². The molecule has 2 N–H and O–H groups in total. The van der Waals surface area contributed by atoms with E-state index < -0.39 is 19.2 Å². The third kappa shape index (κ3) is 9.42. The highest BCUT2D eigenvalue weighted by Crippen LogP contribution is 2.52. The second kappa shape index (κ2) is 14.1. The first kappa shape index (κ1) is 27.9. The van der Waals surface area contributed by atoms with E-state index in [2.05, 4.69) is 36.5 Å². The molecule has 0 heterocycles. The molecule has 0 aliphatic heterocycles. The predicted molar refractivity (Wildman–Crippen MR) is 134 cm³/mol. The first-order chi connectivity index (χ1) is 15.9. The van der Waals surface area contributed by atoms with Crippen LogP contribution < -0.4 is 5.32 Å². The molecule has 2 atom stereocenters. The van der Waals surface area contributed by atoms with Crippen molar-refractivity contribution in [2.75, 3.05) is 19.4 Å². The number of aryl methyl sites for hydroxylation is 1. The van der Waals surface area contributed by atoms with E-state index in [-0.39, 0.29) is 6.16 Å². The second-order valence-corrected chi connectivity index (χ2v) is 11.5. The Morgan fingerprint density at radius 1 is 1.06 bits per heavy atom. The van der Waals surface area contributed by atoms with Crippen LogP contribution in [0.4, 0.5) is 4.79 Å². The van der Waals surface area contributed by atoms with Crippen LogP contribution >= 0.6 is 7.60 Å². The van der Waals surface area contributed by atoms with Crippen molar-refractivity contribution in [3.05, 3.63) is 35.4 Å². The van der Waals surface area contributed by atoms with Crippen LogP contribution in [0.3, 0.4) is 0 Å². The second-order valence-electron chi connectivity index (χ2n) is 9.33. The van der Waals surface area contributed by atoms with E-state index in [0.29, 0.717) is 32.0 Å². The Labute approximate surface area is 200 Å². The summed E-state index contributed by atoms with van der Waals surface area (Å²) in [5.41, 5.74) is 2.03. The molecule has 33 heavy (non-hydrogen) atoms. The summed E-state index contributed by atoms with van der Waals surface area (Å²) in [6.45, 7) is 6.44. The number of benzene rings is 1. The molecular formula is C26H44NO5P. The van der Waals surface area contributed by atoms with Crippen LogP contribution in [0, 0.1) is 0 Å². The lowest BCUT2D eigenvalue weighted by atomic mass is 9.90. The van der Waals surface area contributed by atoms with Crippen molar-refractivity contribution < 1.29 is 23.5 Å². The average molecular weight is 482 g/mol. The molecule has 0 unspecified atom stereocenters. The first-order valence-corrected chi connectivity index (χ1v) is 14.6. The zero-order chi connectivity index (χ0) is 24.2. The number of hydrogen-bond acceptors (Lipinski definition) is 4. The Hall–Kier alpha value is -1.36. The molecular weight excluding hydrogens is 437 g/mol. The lowest BCUT2D eigenvalue weighted by Gasteiger charge is -2.31. The molecule has 188 valence electrons. The van der Waals surface area contributed by atoms with Crippen LogP contribution in [0.5, 0.6) is 0 Å². The quantitative estimate of drug-likeness (QED) is 0.188. The Morgan fingerprint density at radius 3 is 2.30 bits per heavy atom. The van der Waals surface area contributed by atoms with Crippen molar-refractivity contribution in [1.82, 2.24) is 5.32 Å². The normalized spacial score (nSPS) is 20.8. The van der Waals surface area contributed by atoms with Gasteiger partial charge in [0.2, 0.25) is 0 Å². The van der Waals surface area contributed by atoms with Crippen molar-refractivity contribution in [2.24, 2.45) is 0 Å². The molecule has 1 amide bonds. The summed E-state index contributed by atoms with van der Waals surface area (Å²) < 4.78 is 23.8. The van der Waals surface area contributed by atoms with E-state index in [1.807, 2.05) is 0 Å². The maximum atomic E-state index is 12.9. The molecule has 1 aromatic rings. The molecule has 0 bridgehead atoms. The highest BCUT2D eigenvalue weighted by atomic mass is 31.2. The molecule has 0 saturated heterocycles. The molecule has 7 heteroatoms.